The second-order valence-corrected chi connectivity index (χ2v) is 7.67. The van der Waals surface area contributed by atoms with E-state index in [1.54, 1.807) is 16.9 Å². The van der Waals surface area contributed by atoms with Gasteiger partial charge in [-0.3, -0.25) is 9.48 Å². The van der Waals surface area contributed by atoms with Crippen molar-refractivity contribution in [3.8, 4) is 0 Å². The summed E-state index contributed by atoms with van der Waals surface area (Å²) < 4.78 is 1.79. The Morgan fingerprint density at radius 3 is 2.79 bits per heavy atom. The van der Waals surface area contributed by atoms with E-state index in [1.807, 2.05) is 32.2 Å². The number of benzene rings is 1. The molecule has 0 aliphatic heterocycles. The lowest BCUT2D eigenvalue weighted by Crippen LogP contribution is -2.29. The van der Waals surface area contributed by atoms with Crippen LogP contribution in [0.2, 0.25) is 0 Å². The highest BCUT2D eigenvalue weighted by molar-refractivity contribution is 6.05. The third-order valence-electron chi connectivity index (χ3n) is 5.48. The van der Waals surface area contributed by atoms with Crippen LogP contribution in [0, 0.1) is 6.92 Å². The van der Waals surface area contributed by atoms with Crippen LogP contribution in [0.15, 0.2) is 30.5 Å². The second-order valence-electron chi connectivity index (χ2n) is 7.67. The molecule has 1 aliphatic rings. The van der Waals surface area contributed by atoms with Gasteiger partial charge in [0.15, 0.2) is 0 Å². The van der Waals surface area contributed by atoms with Gasteiger partial charge in [0, 0.05) is 30.4 Å². The first-order valence-corrected chi connectivity index (χ1v) is 9.97. The summed E-state index contributed by atoms with van der Waals surface area (Å²) >= 11 is 0. The summed E-state index contributed by atoms with van der Waals surface area (Å²) in [6, 6.07) is 7.70. The van der Waals surface area contributed by atoms with Gasteiger partial charge < -0.3 is 15.7 Å². The van der Waals surface area contributed by atoms with Crippen LogP contribution in [0.1, 0.15) is 47.4 Å². The van der Waals surface area contributed by atoms with Crippen LogP contribution >= 0.6 is 0 Å². The van der Waals surface area contributed by atoms with E-state index in [0.717, 1.165) is 42.5 Å². The number of anilines is 1. The molecule has 8 heteroatoms. The number of fused-ring (bicyclic) bond motifs is 1. The van der Waals surface area contributed by atoms with E-state index < -0.39 is 0 Å². The average Bonchev–Trinajstić information content (AvgIpc) is 3.05. The number of hydrogen-bond acceptors (Lipinski definition) is 6. The molecule has 2 aromatic heterocycles. The molecule has 0 radical (unpaired) electrons. The van der Waals surface area contributed by atoms with Gasteiger partial charge in [-0.05, 0) is 44.7 Å². The SMILES string of the molecule is Cc1cc(CNC(=O)c2cccc3cnc(NC4CCC(O)CC4)nc23)nn1C. The minimum atomic E-state index is -0.205. The molecule has 0 spiro atoms. The fourth-order valence-corrected chi connectivity index (χ4v) is 3.70. The fourth-order valence-electron chi connectivity index (χ4n) is 3.70. The van der Waals surface area contributed by atoms with Gasteiger partial charge in [0.1, 0.15) is 0 Å². The number of aromatic nitrogens is 4. The van der Waals surface area contributed by atoms with Crippen molar-refractivity contribution in [2.45, 2.75) is 51.3 Å². The maximum atomic E-state index is 12.8. The van der Waals surface area contributed by atoms with Crippen LogP contribution in [0.4, 0.5) is 5.95 Å². The van der Waals surface area contributed by atoms with Crippen LogP contribution in [0.25, 0.3) is 10.9 Å². The number of para-hydroxylation sites is 1. The Kier molecular flexibility index (Phi) is 5.44. The molecule has 1 aromatic carbocycles. The fraction of sp³-hybridized carbons (Fsp3) is 0.429. The highest BCUT2D eigenvalue weighted by atomic mass is 16.3. The third-order valence-corrected chi connectivity index (χ3v) is 5.48. The van der Waals surface area contributed by atoms with E-state index in [1.165, 1.54) is 0 Å². The third kappa shape index (κ3) is 4.37. The normalized spacial score (nSPS) is 19.3. The Morgan fingerprint density at radius 2 is 2.07 bits per heavy atom. The Hall–Kier alpha value is -3.00. The maximum Gasteiger partial charge on any atom is 0.253 e. The summed E-state index contributed by atoms with van der Waals surface area (Å²) in [5, 5.41) is 21.1. The van der Waals surface area contributed by atoms with Gasteiger partial charge in [-0.1, -0.05) is 12.1 Å². The highest BCUT2D eigenvalue weighted by Crippen LogP contribution is 2.23. The van der Waals surface area contributed by atoms with E-state index in [2.05, 4.69) is 25.7 Å². The minimum Gasteiger partial charge on any atom is -0.393 e. The van der Waals surface area contributed by atoms with Crippen molar-refractivity contribution in [1.29, 1.82) is 0 Å². The number of hydrogen-bond donors (Lipinski definition) is 3. The molecule has 4 rings (SSSR count). The van der Waals surface area contributed by atoms with Crippen LogP contribution in [0.5, 0.6) is 0 Å². The summed E-state index contributed by atoms with van der Waals surface area (Å²) in [5.41, 5.74) is 2.99. The average molecular weight is 394 g/mol. The van der Waals surface area contributed by atoms with Crippen molar-refractivity contribution in [1.82, 2.24) is 25.1 Å². The first kappa shape index (κ1) is 19.3. The monoisotopic (exact) mass is 394 g/mol. The van der Waals surface area contributed by atoms with Gasteiger partial charge in [0.25, 0.3) is 5.91 Å². The zero-order chi connectivity index (χ0) is 20.4. The number of rotatable bonds is 5. The molecule has 1 fully saturated rings. The molecule has 3 aromatic rings. The lowest BCUT2D eigenvalue weighted by atomic mass is 9.93. The zero-order valence-corrected chi connectivity index (χ0v) is 16.7. The van der Waals surface area contributed by atoms with Crippen LogP contribution in [-0.4, -0.2) is 42.9 Å². The van der Waals surface area contributed by atoms with E-state index in [4.69, 9.17) is 0 Å². The van der Waals surface area contributed by atoms with Crippen LogP contribution in [0.3, 0.4) is 0 Å². The largest absolute Gasteiger partial charge is 0.393 e. The quantitative estimate of drug-likeness (QED) is 0.613. The number of aliphatic hydroxyl groups excluding tert-OH is 1. The van der Waals surface area contributed by atoms with Gasteiger partial charge >= 0.3 is 0 Å². The standard InChI is InChI=1S/C21H26N6O2/c1-13-10-16(26-27(13)2)12-22-20(29)18-5-3-4-14-11-23-21(25-19(14)18)24-15-6-8-17(28)9-7-15/h3-5,10-11,15,17,28H,6-9,12H2,1-2H3,(H,22,29)(H,23,24,25). The molecule has 3 N–H and O–H groups in total. The zero-order valence-electron chi connectivity index (χ0n) is 16.7. The van der Waals surface area contributed by atoms with Crippen molar-refractivity contribution in [2.24, 2.45) is 7.05 Å². The Bertz CT molecular complexity index is 1000. The highest BCUT2D eigenvalue weighted by Gasteiger charge is 2.20. The van der Waals surface area contributed by atoms with Crippen LogP contribution < -0.4 is 10.6 Å². The van der Waals surface area contributed by atoms with E-state index in [-0.39, 0.29) is 18.1 Å². The number of carbonyl (C=O) groups is 1. The van der Waals surface area contributed by atoms with Crippen molar-refractivity contribution in [3.63, 3.8) is 0 Å². The predicted molar refractivity (Wildman–Crippen MR) is 111 cm³/mol. The van der Waals surface area contributed by atoms with Gasteiger partial charge in [0.2, 0.25) is 5.95 Å². The second kappa shape index (κ2) is 8.16. The van der Waals surface area contributed by atoms with Crippen LogP contribution in [-0.2, 0) is 13.6 Å². The van der Waals surface area contributed by atoms with Gasteiger partial charge in [-0.25, -0.2) is 9.97 Å². The molecular formula is C21H26N6O2. The van der Waals surface area contributed by atoms with Crippen molar-refractivity contribution >= 4 is 22.8 Å². The lowest BCUT2D eigenvalue weighted by Gasteiger charge is -2.26. The molecule has 152 valence electrons. The summed E-state index contributed by atoms with van der Waals surface area (Å²) in [4.78, 5) is 21.8. The molecule has 2 heterocycles. The number of aryl methyl sites for hydroxylation is 2. The summed E-state index contributed by atoms with van der Waals surface area (Å²) in [6.07, 6.45) is 4.87. The van der Waals surface area contributed by atoms with E-state index in [9.17, 15) is 9.90 Å². The Labute approximate surface area is 169 Å². The Balaban J connectivity index is 1.51. The first-order valence-electron chi connectivity index (χ1n) is 9.97. The molecular weight excluding hydrogens is 368 g/mol. The van der Waals surface area contributed by atoms with E-state index in [0.29, 0.717) is 23.6 Å². The number of nitrogens with zero attached hydrogens (tertiary/aromatic N) is 4. The van der Waals surface area contributed by atoms with Crippen molar-refractivity contribution in [2.75, 3.05) is 5.32 Å². The molecule has 0 bridgehead atoms. The topological polar surface area (TPSA) is 105 Å². The van der Waals surface area contributed by atoms with E-state index >= 15 is 0 Å². The molecule has 1 saturated carbocycles. The minimum absolute atomic E-state index is 0.190. The van der Waals surface area contributed by atoms with Gasteiger partial charge in [-0.2, -0.15) is 5.10 Å². The summed E-state index contributed by atoms with van der Waals surface area (Å²) in [5.74, 6) is 0.323. The summed E-state index contributed by atoms with van der Waals surface area (Å²) in [7, 11) is 1.88. The summed E-state index contributed by atoms with van der Waals surface area (Å²) in [6.45, 7) is 2.33. The number of nitrogens with one attached hydrogen (secondary N) is 2. The first-order chi connectivity index (χ1) is 14.0. The molecule has 29 heavy (non-hydrogen) atoms. The maximum absolute atomic E-state index is 12.8. The number of amides is 1. The molecule has 0 atom stereocenters. The Morgan fingerprint density at radius 1 is 1.28 bits per heavy atom. The smallest absolute Gasteiger partial charge is 0.253 e. The van der Waals surface area contributed by atoms with Gasteiger partial charge in [-0.15, -0.1) is 0 Å². The molecule has 8 nitrogen and oxygen atoms in total. The molecule has 0 unspecified atom stereocenters. The number of carbonyl (C=O) groups excluding carboxylic acids is 1. The predicted octanol–water partition coefficient (Wildman–Crippen LogP) is 2.32. The lowest BCUT2D eigenvalue weighted by molar-refractivity contribution is 0.0951. The van der Waals surface area contributed by atoms with Gasteiger partial charge in [0.05, 0.1) is 29.4 Å². The van der Waals surface area contributed by atoms with Crippen molar-refractivity contribution in [3.05, 3.63) is 47.4 Å². The molecule has 0 saturated heterocycles. The van der Waals surface area contributed by atoms with Crippen molar-refractivity contribution < 1.29 is 9.90 Å². The molecule has 1 aliphatic carbocycles. The molecule has 1 amide bonds. The number of aliphatic hydroxyl groups is 1.